The number of nitriles is 1. The van der Waals surface area contributed by atoms with Gasteiger partial charge in [-0.25, -0.2) is 8.42 Å². The van der Waals surface area contributed by atoms with E-state index in [1.165, 1.54) is 6.07 Å². The molecule has 2 atom stereocenters. The van der Waals surface area contributed by atoms with Crippen LogP contribution in [0.4, 0.5) is 0 Å². The van der Waals surface area contributed by atoms with Crippen LogP contribution in [-0.2, 0) is 10.0 Å². The molecule has 1 aliphatic rings. The molecule has 0 aliphatic carbocycles. The summed E-state index contributed by atoms with van der Waals surface area (Å²) < 4.78 is 27.0. The van der Waals surface area contributed by atoms with Crippen molar-refractivity contribution in [2.24, 2.45) is 0 Å². The van der Waals surface area contributed by atoms with Crippen LogP contribution in [-0.4, -0.2) is 24.8 Å². The standard InChI is InChI=1S/C14H18N2O2S/c1-3-13-8-7-11(2)16(13)19(17,18)14-6-4-5-12(9-14)10-15/h4-6,9,11,13H,3,7-8H2,1-2H3. The van der Waals surface area contributed by atoms with Gasteiger partial charge in [0.25, 0.3) is 0 Å². The van der Waals surface area contributed by atoms with E-state index < -0.39 is 10.0 Å². The highest BCUT2D eigenvalue weighted by Crippen LogP contribution is 2.32. The van der Waals surface area contributed by atoms with Crippen LogP contribution in [0.3, 0.4) is 0 Å². The molecule has 0 radical (unpaired) electrons. The van der Waals surface area contributed by atoms with Crippen LogP contribution in [0.5, 0.6) is 0 Å². The molecular formula is C14H18N2O2S. The molecule has 5 heteroatoms. The quantitative estimate of drug-likeness (QED) is 0.853. The summed E-state index contributed by atoms with van der Waals surface area (Å²) in [7, 11) is -3.50. The first-order chi connectivity index (χ1) is 9.00. The second-order valence-electron chi connectivity index (χ2n) is 4.96. The van der Waals surface area contributed by atoms with Crippen LogP contribution in [0.15, 0.2) is 29.2 Å². The van der Waals surface area contributed by atoms with Crippen molar-refractivity contribution in [1.29, 1.82) is 5.26 Å². The molecule has 1 aromatic rings. The molecule has 0 N–H and O–H groups in total. The van der Waals surface area contributed by atoms with Gasteiger partial charge in [0.15, 0.2) is 0 Å². The molecule has 0 saturated carbocycles. The van der Waals surface area contributed by atoms with E-state index in [9.17, 15) is 8.42 Å². The van der Waals surface area contributed by atoms with Crippen molar-refractivity contribution in [3.63, 3.8) is 0 Å². The van der Waals surface area contributed by atoms with Gasteiger partial charge in [0.2, 0.25) is 10.0 Å². The smallest absolute Gasteiger partial charge is 0.207 e. The summed E-state index contributed by atoms with van der Waals surface area (Å²) in [5, 5.41) is 8.88. The first kappa shape index (κ1) is 14.0. The maximum Gasteiger partial charge on any atom is 0.243 e. The number of hydrogen-bond acceptors (Lipinski definition) is 3. The van der Waals surface area contributed by atoms with Crippen LogP contribution in [0, 0.1) is 11.3 Å². The van der Waals surface area contributed by atoms with E-state index >= 15 is 0 Å². The lowest BCUT2D eigenvalue weighted by Crippen LogP contribution is -2.39. The fraction of sp³-hybridized carbons (Fsp3) is 0.500. The Hall–Kier alpha value is -1.38. The minimum Gasteiger partial charge on any atom is -0.207 e. The SMILES string of the molecule is CCC1CCC(C)N1S(=O)(=O)c1cccc(C#N)c1. The second-order valence-corrected chi connectivity index (χ2v) is 6.81. The van der Waals surface area contributed by atoms with E-state index in [0.29, 0.717) is 5.56 Å². The van der Waals surface area contributed by atoms with Crippen molar-refractivity contribution in [1.82, 2.24) is 4.31 Å². The summed E-state index contributed by atoms with van der Waals surface area (Å²) in [6, 6.07) is 8.33. The number of benzene rings is 1. The number of nitrogens with zero attached hydrogens (tertiary/aromatic N) is 2. The minimum absolute atomic E-state index is 0.0284. The van der Waals surface area contributed by atoms with Crippen molar-refractivity contribution in [2.75, 3.05) is 0 Å². The lowest BCUT2D eigenvalue weighted by Gasteiger charge is -2.27. The molecule has 1 heterocycles. The summed E-state index contributed by atoms with van der Waals surface area (Å²) in [5.41, 5.74) is 0.376. The first-order valence-electron chi connectivity index (χ1n) is 6.54. The van der Waals surface area contributed by atoms with E-state index in [1.807, 2.05) is 19.9 Å². The third-order valence-electron chi connectivity index (χ3n) is 3.72. The summed E-state index contributed by atoms with van der Waals surface area (Å²) in [4.78, 5) is 0.221. The van der Waals surface area contributed by atoms with Gasteiger partial charge in [-0.2, -0.15) is 9.57 Å². The van der Waals surface area contributed by atoms with Gasteiger partial charge in [-0.3, -0.25) is 0 Å². The van der Waals surface area contributed by atoms with E-state index in [2.05, 4.69) is 0 Å². The Morgan fingerprint density at radius 3 is 2.79 bits per heavy atom. The Balaban J connectivity index is 2.44. The van der Waals surface area contributed by atoms with Crippen molar-refractivity contribution < 1.29 is 8.42 Å². The average Bonchev–Trinajstić information content (AvgIpc) is 2.80. The number of rotatable bonds is 3. The Kier molecular flexibility index (Phi) is 3.93. The third-order valence-corrected chi connectivity index (χ3v) is 5.78. The third kappa shape index (κ3) is 2.51. The van der Waals surface area contributed by atoms with E-state index in [0.717, 1.165) is 19.3 Å². The minimum atomic E-state index is -3.50. The van der Waals surface area contributed by atoms with Gasteiger partial charge in [0, 0.05) is 12.1 Å². The molecule has 0 bridgehead atoms. The summed E-state index contributed by atoms with van der Waals surface area (Å²) in [5.74, 6) is 0. The molecule has 0 spiro atoms. The largest absolute Gasteiger partial charge is 0.243 e. The molecular weight excluding hydrogens is 260 g/mol. The summed E-state index contributed by atoms with van der Waals surface area (Å²) in [6.07, 6.45) is 2.63. The molecule has 1 aromatic carbocycles. The maximum absolute atomic E-state index is 12.7. The van der Waals surface area contributed by atoms with Crippen molar-refractivity contribution in [3.05, 3.63) is 29.8 Å². The Bertz CT molecular complexity index is 604. The molecule has 1 aliphatic heterocycles. The molecule has 0 aromatic heterocycles. The maximum atomic E-state index is 12.7. The molecule has 2 rings (SSSR count). The lowest BCUT2D eigenvalue weighted by atomic mass is 10.2. The fourth-order valence-corrected chi connectivity index (χ4v) is 4.71. The van der Waals surface area contributed by atoms with Crippen molar-refractivity contribution >= 4 is 10.0 Å². The van der Waals surface area contributed by atoms with Crippen LogP contribution in [0.1, 0.15) is 38.7 Å². The second kappa shape index (κ2) is 5.32. The van der Waals surface area contributed by atoms with E-state index in [-0.39, 0.29) is 17.0 Å². The monoisotopic (exact) mass is 278 g/mol. The predicted octanol–water partition coefficient (Wildman–Crippen LogP) is 2.51. The van der Waals surface area contributed by atoms with Gasteiger partial charge in [-0.05, 0) is 44.4 Å². The topological polar surface area (TPSA) is 61.2 Å². The zero-order chi connectivity index (χ0) is 14.0. The van der Waals surface area contributed by atoms with Gasteiger partial charge in [-0.1, -0.05) is 13.0 Å². The summed E-state index contributed by atoms with van der Waals surface area (Å²) in [6.45, 7) is 3.96. The van der Waals surface area contributed by atoms with Crippen molar-refractivity contribution in [2.45, 2.75) is 50.1 Å². The molecule has 19 heavy (non-hydrogen) atoms. The van der Waals surface area contributed by atoms with Crippen molar-refractivity contribution in [3.8, 4) is 6.07 Å². The number of sulfonamides is 1. The molecule has 102 valence electrons. The van der Waals surface area contributed by atoms with Crippen LogP contribution in [0.2, 0.25) is 0 Å². The average molecular weight is 278 g/mol. The van der Waals surface area contributed by atoms with Gasteiger partial charge >= 0.3 is 0 Å². The lowest BCUT2D eigenvalue weighted by molar-refractivity contribution is 0.328. The Labute approximate surface area is 114 Å². The van der Waals surface area contributed by atoms with Gasteiger partial charge in [-0.15, -0.1) is 0 Å². The van der Waals surface area contributed by atoms with Gasteiger partial charge in [0.1, 0.15) is 0 Å². The normalized spacial score (nSPS) is 24.3. The van der Waals surface area contributed by atoms with Crippen LogP contribution in [0.25, 0.3) is 0 Å². The zero-order valence-electron chi connectivity index (χ0n) is 11.2. The number of hydrogen-bond donors (Lipinski definition) is 0. The Morgan fingerprint density at radius 2 is 2.16 bits per heavy atom. The molecule has 4 nitrogen and oxygen atoms in total. The van der Waals surface area contributed by atoms with Crippen LogP contribution < -0.4 is 0 Å². The summed E-state index contributed by atoms with van der Waals surface area (Å²) >= 11 is 0. The highest BCUT2D eigenvalue weighted by atomic mass is 32.2. The highest BCUT2D eigenvalue weighted by Gasteiger charge is 2.39. The van der Waals surface area contributed by atoms with Crippen LogP contribution >= 0.6 is 0 Å². The van der Waals surface area contributed by atoms with Gasteiger partial charge in [0.05, 0.1) is 16.5 Å². The molecule has 1 saturated heterocycles. The first-order valence-corrected chi connectivity index (χ1v) is 7.98. The highest BCUT2D eigenvalue weighted by molar-refractivity contribution is 7.89. The Morgan fingerprint density at radius 1 is 1.42 bits per heavy atom. The van der Waals surface area contributed by atoms with Gasteiger partial charge < -0.3 is 0 Å². The molecule has 0 amide bonds. The van der Waals surface area contributed by atoms with E-state index in [4.69, 9.17) is 5.26 Å². The molecule has 2 unspecified atom stereocenters. The fourth-order valence-electron chi connectivity index (χ4n) is 2.71. The molecule has 1 fully saturated rings. The zero-order valence-corrected chi connectivity index (χ0v) is 12.0. The van der Waals surface area contributed by atoms with E-state index in [1.54, 1.807) is 22.5 Å². The predicted molar refractivity (Wildman–Crippen MR) is 73.0 cm³/mol.